The van der Waals surface area contributed by atoms with Crippen LogP contribution in [0.5, 0.6) is 5.88 Å². The molecule has 164 valence electrons. The van der Waals surface area contributed by atoms with Crippen molar-refractivity contribution in [3.05, 3.63) is 36.4 Å². The fourth-order valence-corrected chi connectivity index (χ4v) is 3.62. The summed E-state index contributed by atoms with van der Waals surface area (Å²) in [5, 5.41) is 16.7. The molecule has 1 amide bonds. The molecule has 1 saturated heterocycles. The summed E-state index contributed by atoms with van der Waals surface area (Å²) in [7, 11) is 0. The van der Waals surface area contributed by atoms with Crippen molar-refractivity contribution >= 4 is 17.4 Å². The predicted octanol–water partition coefficient (Wildman–Crippen LogP) is 3.66. The van der Waals surface area contributed by atoms with Crippen LogP contribution >= 0.6 is 0 Å². The van der Waals surface area contributed by atoms with Gasteiger partial charge in [0.15, 0.2) is 11.6 Å². The highest BCUT2D eigenvalue weighted by Crippen LogP contribution is 2.29. The van der Waals surface area contributed by atoms with Crippen LogP contribution in [0.4, 0.5) is 15.0 Å². The number of ether oxygens (including phenoxy) is 1. The van der Waals surface area contributed by atoms with Gasteiger partial charge >= 0.3 is 6.09 Å². The average molecular weight is 428 g/mol. The van der Waals surface area contributed by atoms with E-state index in [9.17, 15) is 9.90 Å². The van der Waals surface area contributed by atoms with Crippen molar-refractivity contribution < 1.29 is 19.0 Å². The van der Waals surface area contributed by atoms with Gasteiger partial charge in [-0.1, -0.05) is 19.4 Å². The number of aromatic nitrogens is 4. The number of rotatable bonds is 7. The molecule has 1 atom stereocenters. The van der Waals surface area contributed by atoms with Crippen molar-refractivity contribution in [2.45, 2.75) is 38.6 Å². The normalized spacial score (nSPS) is 16.5. The van der Waals surface area contributed by atoms with E-state index in [1.807, 2.05) is 31.3 Å². The van der Waals surface area contributed by atoms with Gasteiger partial charge in [0.05, 0.1) is 23.9 Å². The van der Waals surface area contributed by atoms with Crippen LogP contribution in [0.1, 0.15) is 32.6 Å². The van der Waals surface area contributed by atoms with Crippen LogP contribution in [-0.2, 0) is 0 Å². The lowest BCUT2D eigenvalue weighted by Crippen LogP contribution is -2.44. The van der Waals surface area contributed by atoms with Crippen molar-refractivity contribution in [1.29, 1.82) is 0 Å². The van der Waals surface area contributed by atoms with Crippen LogP contribution in [0.25, 0.3) is 16.9 Å². The third kappa shape index (κ3) is 4.52. The van der Waals surface area contributed by atoms with Crippen molar-refractivity contribution in [2.24, 2.45) is 0 Å². The number of piperidine rings is 1. The number of halogens is 1. The molecule has 0 aromatic carbocycles. The fraction of sp³-hybridized carbons (Fsp3) is 0.429. The third-order valence-electron chi connectivity index (χ3n) is 5.26. The van der Waals surface area contributed by atoms with Gasteiger partial charge in [-0.25, -0.2) is 14.3 Å². The monoisotopic (exact) mass is 428 g/mol. The minimum atomic E-state index is -0.981. The molecule has 0 radical (unpaired) electrons. The maximum Gasteiger partial charge on any atom is 0.407 e. The standard InChI is InChI=1S/C21H25FN6O3/c1-2-3-11-31-20-17(22)19(24-14-7-6-9-27(13-14)21(29)30)25-18(26-20)15-12-23-28-10-5-4-8-16(15)28/h4-5,8,10,12,14H,2-3,6-7,9,11,13H2,1H3,(H,29,30)(H,24,25,26)/t14-/m1/s1. The Kier molecular flexibility index (Phi) is 6.15. The van der Waals surface area contributed by atoms with E-state index in [0.717, 1.165) is 18.4 Å². The van der Waals surface area contributed by atoms with Gasteiger partial charge in [0.25, 0.3) is 5.88 Å². The van der Waals surface area contributed by atoms with Gasteiger partial charge in [-0.3, -0.25) is 0 Å². The molecule has 0 unspecified atom stereocenters. The highest BCUT2D eigenvalue weighted by molar-refractivity contribution is 5.76. The summed E-state index contributed by atoms with van der Waals surface area (Å²) in [5.74, 6) is -0.502. The number of anilines is 1. The Bertz CT molecular complexity index is 1070. The smallest absolute Gasteiger partial charge is 0.407 e. The van der Waals surface area contributed by atoms with E-state index in [2.05, 4.69) is 20.4 Å². The summed E-state index contributed by atoms with van der Waals surface area (Å²) in [4.78, 5) is 21.4. The largest absolute Gasteiger partial charge is 0.475 e. The Morgan fingerprint density at radius 1 is 1.39 bits per heavy atom. The maximum atomic E-state index is 15.2. The van der Waals surface area contributed by atoms with Gasteiger partial charge in [0, 0.05) is 25.3 Å². The molecule has 10 heteroatoms. The molecule has 2 N–H and O–H groups in total. The number of likely N-dealkylation sites (tertiary alicyclic amines) is 1. The lowest BCUT2D eigenvalue weighted by atomic mass is 10.1. The molecule has 3 aromatic heterocycles. The molecule has 1 fully saturated rings. The molecule has 0 aliphatic carbocycles. The number of nitrogens with one attached hydrogen (secondary N) is 1. The zero-order chi connectivity index (χ0) is 21.8. The first-order chi connectivity index (χ1) is 15.1. The Morgan fingerprint density at radius 3 is 3.06 bits per heavy atom. The van der Waals surface area contributed by atoms with E-state index in [0.29, 0.717) is 37.4 Å². The first kappa shape index (κ1) is 20.8. The fourth-order valence-electron chi connectivity index (χ4n) is 3.62. The average Bonchev–Trinajstić information content (AvgIpc) is 3.21. The first-order valence-corrected chi connectivity index (χ1v) is 10.4. The maximum absolute atomic E-state index is 15.2. The first-order valence-electron chi connectivity index (χ1n) is 10.4. The molecule has 1 aliphatic rings. The number of nitrogens with zero attached hydrogens (tertiary/aromatic N) is 5. The molecule has 9 nitrogen and oxygen atoms in total. The highest BCUT2D eigenvalue weighted by Gasteiger charge is 2.26. The second-order valence-electron chi connectivity index (χ2n) is 7.52. The van der Waals surface area contributed by atoms with Gasteiger partial charge in [-0.15, -0.1) is 0 Å². The second-order valence-corrected chi connectivity index (χ2v) is 7.52. The number of unbranched alkanes of at least 4 members (excludes halogenated alkanes) is 1. The highest BCUT2D eigenvalue weighted by atomic mass is 19.1. The lowest BCUT2D eigenvalue weighted by Gasteiger charge is -2.31. The molecule has 31 heavy (non-hydrogen) atoms. The van der Waals surface area contributed by atoms with E-state index in [-0.39, 0.29) is 24.3 Å². The van der Waals surface area contributed by atoms with Crippen molar-refractivity contribution in [3.63, 3.8) is 0 Å². The minimum absolute atomic E-state index is 0.00372. The number of carbonyl (C=O) groups is 1. The van der Waals surface area contributed by atoms with Crippen LogP contribution in [0.2, 0.25) is 0 Å². The molecule has 4 rings (SSSR count). The number of hydrogen-bond donors (Lipinski definition) is 2. The van der Waals surface area contributed by atoms with E-state index >= 15 is 4.39 Å². The summed E-state index contributed by atoms with van der Waals surface area (Å²) < 4.78 is 22.5. The van der Waals surface area contributed by atoms with Crippen LogP contribution in [-0.4, -0.2) is 61.4 Å². The number of carboxylic acid groups (broad SMARTS) is 1. The van der Waals surface area contributed by atoms with Gasteiger partial charge in [0.1, 0.15) is 0 Å². The molecule has 1 aliphatic heterocycles. The van der Waals surface area contributed by atoms with Gasteiger partial charge in [0.2, 0.25) is 5.82 Å². The Morgan fingerprint density at radius 2 is 2.26 bits per heavy atom. The number of amides is 1. The number of pyridine rings is 1. The predicted molar refractivity (Wildman–Crippen MR) is 113 cm³/mol. The van der Waals surface area contributed by atoms with Crippen LogP contribution in [0.15, 0.2) is 30.6 Å². The zero-order valence-electron chi connectivity index (χ0n) is 17.3. The quantitative estimate of drug-likeness (QED) is 0.553. The van der Waals surface area contributed by atoms with Crippen molar-refractivity contribution in [1.82, 2.24) is 24.5 Å². The molecule has 3 aromatic rings. The van der Waals surface area contributed by atoms with E-state index < -0.39 is 11.9 Å². The summed E-state index contributed by atoms with van der Waals surface area (Å²) in [6.07, 6.45) is 5.55. The minimum Gasteiger partial charge on any atom is -0.475 e. The van der Waals surface area contributed by atoms with Crippen molar-refractivity contribution in [3.8, 4) is 17.3 Å². The molecular formula is C21H25FN6O3. The summed E-state index contributed by atoms with van der Waals surface area (Å²) in [5.41, 5.74) is 1.44. The van der Waals surface area contributed by atoms with E-state index in [1.54, 1.807) is 10.7 Å². The second kappa shape index (κ2) is 9.15. The third-order valence-corrected chi connectivity index (χ3v) is 5.26. The van der Waals surface area contributed by atoms with Crippen molar-refractivity contribution in [2.75, 3.05) is 25.0 Å². The van der Waals surface area contributed by atoms with E-state index in [4.69, 9.17) is 4.74 Å². The molecule has 4 heterocycles. The molecular weight excluding hydrogens is 403 g/mol. The van der Waals surface area contributed by atoms with Crippen LogP contribution in [0, 0.1) is 5.82 Å². The summed E-state index contributed by atoms with van der Waals surface area (Å²) >= 11 is 0. The summed E-state index contributed by atoms with van der Waals surface area (Å²) in [6, 6.07) is 5.36. The topological polar surface area (TPSA) is 105 Å². The van der Waals surface area contributed by atoms with Gasteiger partial charge in [-0.2, -0.15) is 14.5 Å². The Labute approximate surface area is 178 Å². The van der Waals surface area contributed by atoms with Gasteiger partial charge in [-0.05, 0) is 31.4 Å². The van der Waals surface area contributed by atoms with Crippen LogP contribution in [0.3, 0.4) is 0 Å². The van der Waals surface area contributed by atoms with Gasteiger partial charge < -0.3 is 20.1 Å². The van der Waals surface area contributed by atoms with Crippen LogP contribution < -0.4 is 10.1 Å². The number of fused-ring (bicyclic) bond motifs is 1. The lowest BCUT2D eigenvalue weighted by molar-refractivity contribution is 0.132. The Balaban J connectivity index is 1.69. The molecule has 0 spiro atoms. The summed E-state index contributed by atoms with van der Waals surface area (Å²) in [6.45, 7) is 3.10. The molecule has 0 saturated carbocycles. The zero-order valence-corrected chi connectivity index (χ0v) is 17.3. The van der Waals surface area contributed by atoms with E-state index in [1.165, 1.54) is 4.90 Å². The Hall–Kier alpha value is -3.43. The SMILES string of the molecule is CCCCOc1nc(-c2cnn3ccccc23)nc(N[C@@H]2CCCN(C(=O)O)C2)c1F. The molecule has 0 bridgehead atoms. The number of hydrogen-bond acceptors (Lipinski definition) is 6.